The van der Waals surface area contributed by atoms with Gasteiger partial charge in [-0.05, 0) is 25.0 Å². The number of nitrogens with one attached hydrogen (secondary N) is 1. The van der Waals surface area contributed by atoms with Gasteiger partial charge in [0.2, 0.25) is 0 Å². The van der Waals surface area contributed by atoms with Crippen molar-refractivity contribution in [2.45, 2.75) is 19.4 Å². The summed E-state index contributed by atoms with van der Waals surface area (Å²) in [7, 11) is 0. The number of nitro benzene ring substituents is 1. The Balaban J connectivity index is 2.16. The van der Waals surface area contributed by atoms with E-state index in [2.05, 4.69) is 5.32 Å². The van der Waals surface area contributed by atoms with E-state index in [4.69, 9.17) is 4.74 Å². The molecule has 2 rings (SSSR count). The van der Waals surface area contributed by atoms with E-state index in [-0.39, 0.29) is 16.7 Å². The van der Waals surface area contributed by atoms with Gasteiger partial charge in [0.05, 0.1) is 17.6 Å². The Kier molecular flexibility index (Phi) is 3.05. The molecule has 1 aliphatic heterocycles. The summed E-state index contributed by atoms with van der Waals surface area (Å²) < 4.78 is 5.24. The number of nitrogens with zero attached hydrogens (tertiary/aromatic N) is 1. The quantitative estimate of drug-likeness (QED) is 0.628. The fourth-order valence-electron chi connectivity index (χ4n) is 1.84. The second-order valence-corrected chi connectivity index (χ2v) is 4.02. The van der Waals surface area contributed by atoms with Crippen LogP contribution >= 0.6 is 0 Å². The Bertz CT molecular complexity index is 400. The number of hydrogen-bond acceptors (Lipinski definition) is 4. The number of nitro groups is 1. The predicted octanol–water partition coefficient (Wildman–Crippen LogP) is 2.10. The molecule has 0 radical (unpaired) electrons. The number of aryl methyl sites for hydroxylation is 1. The fourth-order valence-corrected chi connectivity index (χ4v) is 1.84. The van der Waals surface area contributed by atoms with Gasteiger partial charge in [-0.25, -0.2) is 0 Å². The molecule has 86 valence electrons. The molecule has 1 saturated heterocycles. The fraction of sp³-hybridized carbons (Fsp3) is 0.455. The lowest BCUT2D eigenvalue weighted by atomic mass is 10.1. The molecule has 1 N–H and O–H groups in total. The van der Waals surface area contributed by atoms with Crippen LogP contribution in [0.4, 0.5) is 11.4 Å². The third-order valence-electron chi connectivity index (χ3n) is 2.57. The molecule has 0 bridgehead atoms. The second kappa shape index (κ2) is 4.49. The van der Waals surface area contributed by atoms with Crippen molar-refractivity contribution < 1.29 is 9.66 Å². The molecule has 1 aromatic rings. The van der Waals surface area contributed by atoms with Gasteiger partial charge < -0.3 is 10.1 Å². The number of ether oxygens (including phenoxy) is 1. The smallest absolute Gasteiger partial charge is 0.271 e. The van der Waals surface area contributed by atoms with Gasteiger partial charge in [0, 0.05) is 24.4 Å². The molecule has 0 aromatic heterocycles. The highest BCUT2D eigenvalue weighted by atomic mass is 16.6. The van der Waals surface area contributed by atoms with E-state index < -0.39 is 0 Å². The lowest BCUT2D eigenvalue weighted by Gasteiger charge is -2.12. The van der Waals surface area contributed by atoms with Gasteiger partial charge in [-0.3, -0.25) is 10.1 Å². The number of non-ortho nitro benzene ring substituents is 1. The third kappa shape index (κ3) is 2.49. The van der Waals surface area contributed by atoms with Crippen LogP contribution in [0.15, 0.2) is 18.2 Å². The Hall–Kier alpha value is -1.62. The van der Waals surface area contributed by atoms with Crippen molar-refractivity contribution in [3.63, 3.8) is 0 Å². The molecule has 0 spiro atoms. The van der Waals surface area contributed by atoms with Crippen molar-refractivity contribution in [1.29, 1.82) is 0 Å². The maximum atomic E-state index is 10.7. The number of benzene rings is 1. The van der Waals surface area contributed by atoms with E-state index in [1.807, 2.05) is 13.0 Å². The van der Waals surface area contributed by atoms with Crippen LogP contribution < -0.4 is 5.32 Å². The van der Waals surface area contributed by atoms with E-state index in [1.165, 1.54) is 0 Å². The molecule has 1 unspecified atom stereocenters. The van der Waals surface area contributed by atoms with Gasteiger partial charge in [0.15, 0.2) is 0 Å². The van der Waals surface area contributed by atoms with Crippen molar-refractivity contribution in [1.82, 2.24) is 0 Å². The van der Waals surface area contributed by atoms with E-state index in [1.54, 1.807) is 12.1 Å². The highest BCUT2D eigenvalue weighted by molar-refractivity contribution is 5.54. The molecule has 1 fully saturated rings. The monoisotopic (exact) mass is 222 g/mol. The van der Waals surface area contributed by atoms with E-state index in [0.29, 0.717) is 6.61 Å². The normalized spacial score (nSPS) is 19.7. The minimum Gasteiger partial charge on any atom is -0.380 e. The van der Waals surface area contributed by atoms with Gasteiger partial charge in [-0.1, -0.05) is 0 Å². The molecule has 1 atom stereocenters. The third-order valence-corrected chi connectivity index (χ3v) is 2.57. The molecule has 0 saturated carbocycles. The van der Waals surface area contributed by atoms with E-state index in [9.17, 15) is 10.1 Å². The van der Waals surface area contributed by atoms with Crippen LogP contribution in [0.5, 0.6) is 0 Å². The summed E-state index contributed by atoms with van der Waals surface area (Å²) in [6.07, 6.45) is 0.946. The summed E-state index contributed by atoms with van der Waals surface area (Å²) in [6.45, 7) is 3.27. The van der Waals surface area contributed by atoms with Gasteiger partial charge in [-0.15, -0.1) is 0 Å². The summed E-state index contributed by atoms with van der Waals surface area (Å²) in [5, 5.41) is 13.9. The second-order valence-electron chi connectivity index (χ2n) is 4.02. The zero-order chi connectivity index (χ0) is 11.5. The summed E-state index contributed by atoms with van der Waals surface area (Å²) in [5.41, 5.74) is 1.80. The van der Waals surface area contributed by atoms with Crippen LogP contribution in [0.3, 0.4) is 0 Å². The van der Waals surface area contributed by atoms with Crippen molar-refractivity contribution >= 4 is 11.4 Å². The first-order valence-corrected chi connectivity index (χ1v) is 5.25. The topological polar surface area (TPSA) is 64.4 Å². The summed E-state index contributed by atoms with van der Waals surface area (Å²) in [6, 6.07) is 5.30. The van der Waals surface area contributed by atoms with Crippen LogP contribution in [-0.2, 0) is 4.74 Å². The largest absolute Gasteiger partial charge is 0.380 e. The summed E-state index contributed by atoms with van der Waals surface area (Å²) in [4.78, 5) is 10.3. The molecule has 0 amide bonds. The number of rotatable bonds is 3. The molecule has 1 heterocycles. The number of anilines is 1. The van der Waals surface area contributed by atoms with Gasteiger partial charge >= 0.3 is 0 Å². The first-order valence-electron chi connectivity index (χ1n) is 5.25. The van der Waals surface area contributed by atoms with Gasteiger partial charge in [0.1, 0.15) is 0 Å². The van der Waals surface area contributed by atoms with Crippen LogP contribution in [0.1, 0.15) is 12.0 Å². The maximum Gasteiger partial charge on any atom is 0.271 e. The van der Waals surface area contributed by atoms with Crippen LogP contribution in [-0.4, -0.2) is 24.2 Å². The minimum absolute atomic E-state index is 0.126. The lowest BCUT2D eigenvalue weighted by molar-refractivity contribution is -0.384. The zero-order valence-electron chi connectivity index (χ0n) is 9.10. The summed E-state index contributed by atoms with van der Waals surface area (Å²) in [5.74, 6) is 0. The molecule has 16 heavy (non-hydrogen) atoms. The molecule has 5 nitrogen and oxygen atoms in total. The van der Waals surface area contributed by atoms with Gasteiger partial charge in [0.25, 0.3) is 5.69 Å². The molecule has 5 heteroatoms. The first kappa shape index (κ1) is 10.9. The average Bonchev–Trinajstić information content (AvgIpc) is 2.69. The number of hydrogen-bond donors (Lipinski definition) is 1. The standard InChI is InChI=1S/C11H14N2O3/c1-8-4-10(6-11(5-8)13(14)15)12-9-2-3-16-7-9/h4-6,9,12H,2-3,7H2,1H3. The summed E-state index contributed by atoms with van der Waals surface area (Å²) >= 11 is 0. The van der Waals surface area contributed by atoms with Crippen molar-refractivity contribution in [2.24, 2.45) is 0 Å². The maximum absolute atomic E-state index is 10.7. The van der Waals surface area contributed by atoms with Crippen molar-refractivity contribution in [2.75, 3.05) is 18.5 Å². The van der Waals surface area contributed by atoms with E-state index >= 15 is 0 Å². The average molecular weight is 222 g/mol. The Morgan fingerprint density at radius 1 is 1.50 bits per heavy atom. The predicted molar refractivity (Wildman–Crippen MR) is 60.7 cm³/mol. The van der Waals surface area contributed by atoms with Crippen LogP contribution in [0.2, 0.25) is 0 Å². The Morgan fingerprint density at radius 2 is 2.31 bits per heavy atom. The zero-order valence-corrected chi connectivity index (χ0v) is 9.10. The molecular weight excluding hydrogens is 208 g/mol. The first-order chi connectivity index (χ1) is 7.65. The highest BCUT2D eigenvalue weighted by Gasteiger charge is 2.16. The Morgan fingerprint density at radius 3 is 2.94 bits per heavy atom. The van der Waals surface area contributed by atoms with Gasteiger partial charge in [-0.2, -0.15) is 0 Å². The minimum atomic E-state index is -0.372. The Labute approximate surface area is 93.6 Å². The van der Waals surface area contributed by atoms with Crippen LogP contribution in [0, 0.1) is 17.0 Å². The van der Waals surface area contributed by atoms with E-state index in [0.717, 1.165) is 24.3 Å². The molecule has 1 aliphatic rings. The lowest BCUT2D eigenvalue weighted by Crippen LogP contribution is -2.18. The molecule has 1 aromatic carbocycles. The van der Waals surface area contributed by atoms with Crippen LogP contribution in [0.25, 0.3) is 0 Å². The molecular formula is C11H14N2O3. The van der Waals surface area contributed by atoms with Crippen molar-refractivity contribution in [3.05, 3.63) is 33.9 Å². The molecule has 0 aliphatic carbocycles. The van der Waals surface area contributed by atoms with Crippen molar-refractivity contribution in [3.8, 4) is 0 Å². The SMILES string of the molecule is Cc1cc(NC2CCOC2)cc([N+](=O)[O-])c1. The highest BCUT2D eigenvalue weighted by Crippen LogP contribution is 2.22.